The monoisotopic (exact) mass is 339 g/mol. The number of piperidine rings is 1. The van der Waals surface area contributed by atoms with Crippen LogP contribution >= 0.6 is 0 Å². The van der Waals surface area contributed by atoms with Crippen LogP contribution < -0.4 is 10.6 Å². The van der Waals surface area contributed by atoms with Crippen LogP contribution in [-0.4, -0.2) is 33.8 Å². The molecule has 9 heteroatoms. The van der Waals surface area contributed by atoms with Crippen molar-refractivity contribution in [3.05, 3.63) is 36.2 Å². The van der Waals surface area contributed by atoms with E-state index in [1.54, 1.807) is 0 Å². The molecule has 0 bridgehead atoms. The van der Waals surface area contributed by atoms with E-state index in [0.717, 1.165) is 36.7 Å². The number of nitrogens with one attached hydrogen (secondary N) is 2. The van der Waals surface area contributed by atoms with Gasteiger partial charge in [0.15, 0.2) is 11.6 Å². The van der Waals surface area contributed by atoms with Crippen molar-refractivity contribution < 1.29 is 18.0 Å². The van der Waals surface area contributed by atoms with E-state index in [1.165, 1.54) is 24.5 Å². The number of hydrogen-bond acceptors (Lipinski definition) is 4. The van der Waals surface area contributed by atoms with Crippen molar-refractivity contribution in [3.8, 4) is 5.82 Å². The molecule has 128 valence electrons. The van der Waals surface area contributed by atoms with Crippen molar-refractivity contribution in [1.82, 2.24) is 20.1 Å². The van der Waals surface area contributed by atoms with Crippen molar-refractivity contribution in [2.45, 2.75) is 19.0 Å². The molecule has 2 aromatic heterocycles. The van der Waals surface area contributed by atoms with Gasteiger partial charge in [0, 0.05) is 24.4 Å². The summed E-state index contributed by atoms with van der Waals surface area (Å²) in [6.07, 6.45) is -0.473. The van der Waals surface area contributed by atoms with E-state index in [4.69, 9.17) is 0 Å². The normalized spacial score (nSPS) is 16.1. The Morgan fingerprint density at radius 1 is 1.29 bits per heavy atom. The average molecular weight is 339 g/mol. The molecule has 1 aliphatic heterocycles. The van der Waals surface area contributed by atoms with Gasteiger partial charge in [-0.05, 0) is 38.1 Å². The molecule has 3 rings (SSSR count). The molecular formula is C15H16F3N5O. The summed E-state index contributed by atoms with van der Waals surface area (Å²) in [6, 6.07) is 3.61. The fourth-order valence-corrected chi connectivity index (χ4v) is 2.62. The minimum absolute atomic E-state index is 0.114. The highest BCUT2D eigenvalue weighted by Gasteiger charge is 2.35. The van der Waals surface area contributed by atoms with Crippen molar-refractivity contribution in [2.24, 2.45) is 5.92 Å². The number of nitrogens with zero attached hydrogens (tertiary/aromatic N) is 3. The third-order valence-corrected chi connectivity index (χ3v) is 3.86. The summed E-state index contributed by atoms with van der Waals surface area (Å²) >= 11 is 0. The number of rotatable bonds is 3. The number of pyridine rings is 1. The molecule has 0 aliphatic carbocycles. The van der Waals surface area contributed by atoms with Crippen LogP contribution in [0.4, 0.5) is 19.0 Å². The highest BCUT2D eigenvalue weighted by Crippen LogP contribution is 2.32. The quantitative estimate of drug-likeness (QED) is 0.899. The van der Waals surface area contributed by atoms with Gasteiger partial charge in [-0.3, -0.25) is 4.79 Å². The summed E-state index contributed by atoms with van der Waals surface area (Å²) in [7, 11) is 0. The van der Waals surface area contributed by atoms with Gasteiger partial charge in [0.1, 0.15) is 5.56 Å². The first-order valence-electron chi connectivity index (χ1n) is 7.55. The topological polar surface area (TPSA) is 71.8 Å². The van der Waals surface area contributed by atoms with E-state index >= 15 is 0 Å². The molecule has 2 aromatic rings. The molecule has 0 saturated carbocycles. The molecule has 0 aromatic carbocycles. The Bertz CT molecular complexity index is 722. The number of alkyl halides is 3. The number of carbonyl (C=O) groups excluding carboxylic acids is 1. The predicted octanol–water partition coefficient (Wildman–Crippen LogP) is 2.22. The maximum absolute atomic E-state index is 13.0. The van der Waals surface area contributed by atoms with E-state index in [9.17, 15) is 18.0 Å². The minimum Gasteiger partial charge on any atom is -0.317 e. The van der Waals surface area contributed by atoms with Gasteiger partial charge < -0.3 is 10.6 Å². The molecule has 24 heavy (non-hydrogen) atoms. The Hall–Kier alpha value is -2.42. The summed E-state index contributed by atoms with van der Waals surface area (Å²) in [5.41, 5.74) is -0.885. The second-order valence-electron chi connectivity index (χ2n) is 5.53. The summed E-state index contributed by atoms with van der Waals surface area (Å²) in [5, 5.41) is 9.81. The van der Waals surface area contributed by atoms with Gasteiger partial charge in [0.25, 0.3) is 0 Å². The van der Waals surface area contributed by atoms with E-state index in [-0.39, 0.29) is 23.5 Å². The number of amides is 1. The van der Waals surface area contributed by atoms with Gasteiger partial charge in [-0.15, -0.1) is 5.10 Å². The second kappa shape index (κ2) is 6.60. The lowest BCUT2D eigenvalue weighted by Crippen LogP contribution is -2.34. The van der Waals surface area contributed by atoms with Crippen LogP contribution in [0, 0.1) is 5.92 Å². The zero-order chi connectivity index (χ0) is 17.2. The first-order valence-corrected chi connectivity index (χ1v) is 7.55. The van der Waals surface area contributed by atoms with Crippen LogP contribution in [0.2, 0.25) is 0 Å². The lowest BCUT2D eigenvalue weighted by molar-refractivity contribution is -0.137. The molecule has 1 fully saturated rings. The Morgan fingerprint density at radius 2 is 2.04 bits per heavy atom. The zero-order valence-corrected chi connectivity index (χ0v) is 12.7. The van der Waals surface area contributed by atoms with Crippen LogP contribution in [0.3, 0.4) is 0 Å². The minimum atomic E-state index is -4.53. The molecule has 0 radical (unpaired) electrons. The van der Waals surface area contributed by atoms with Gasteiger partial charge in [0.05, 0.1) is 0 Å². The Morgan fingerprint density at radius 3 is 2.75 bits per heavy atom. The lowest BCUT2D eigenvalue weighted by Gasteiger charge is -2.21. The Kier molecular flexibility index (Phi) is 4.52. The molecular weight excluding hydrogens is 323 g/mol. The lowest BCUT2D eigenvalue weighted by atomic mass is 9.97. The number of hydrogen-bond donors (Lipinski definition) is 2. The number of carbonyl (C=O) groups is 1. The number of aromatic nitrogens is 3. The molecule has 6 nitrogen and oxygen atoms in total. The average Bonchev–Trinajstić information content (AvgIpc) is 3.03. The molecule has 2 N–H and O–H groups in total. The van der Waals surface area contributed by atoms with E-state index in [2.05, 4.69) is 20.7 Å². The summed E-state index contributed by atoms with van der Waals surface area (Å²) in [6.45, 7) is 1.55. The molecule has 0 atom stereocenters. The molecule has 1 amide bonds. The fraction of sp³-hybridized carbons (Fsp3) is 0.400. The highest BCUT2D eigenvalue weighted by atomic mass is 19.4. The van der Waals surface area contributed by atoms with Gasteiger partial charge in [0.2, 0.25) is 5.91 Å². The van der Waals surface area contributed by atoms with Crippen LogP contribution in [0.25, 0.3) is 5.82 Å². The third-order valence-electron chi connectivity index (χ3n) is 3.86. The summed E-state index contributed by atoms with van der Waals surface area (Å²) in [4.78, 5) is 15.9. The first kappa shape index (κ1) is 16.4. The molecule has 0 unspecified atom stereocenters. The summed E-state index contributed by atoms with van der Waals surface area (Å²) in [5.74, 6) is -0.402. The van der Waals surface area contributed by atoms with E-state index in [1.807, 2.05) is 0 Å². The molecule has 1 saturated heterocycles. The second-order valence-corrected chi connectivity index (χ2v) is 5.53. The van der Waals surface area contributed by atoms with Crippen molar-refractivity contribution in [2.75, 3.05) is 18.4 Å². The largest absolute Gasteiger partial charge is 0.420 e. The van der Waals surface area contributed by atoms with E-state index < -0.39 is 11.7 Å². The molecule has 0 spiro atoms. The standard InChI is InChI=1S/C15H16F3N5O/c16-15(17,18)11-2-1-6-20-13(11)23-9-5-12(22-23)21-14(24)10-3-7-19-8-4-10/h1-2,5-6,9-10,19H,3-4,7-8H2,(H,21,22,24). The summed E-state index contributed by atoms with van der Waals surface area (Å²) < 4.78 is 40.1. The first-order chi connectivity index (χ1) is 11.4. The maximum atomic E-state index is 13.0. The van der Waals surface area contributed by atoms with Gasteiger partial charge >= 0.3 is 6.18 Å². The zero-order valence-electron chi connectivity index (χ0n) is 12.7. The highest BCUT2D eigenvalue weighted by molar-refractivity contribution is 5.91. The number of halogens is 3. The van der Waals surface area contributed by atoms with Crippen molar-refractivity contribution >= 4 is 11.7 Å². The Balaban J connectivity index is 1.78. The molecule has 3 heterocycles. The Labute approximate surface area is 136 Å². The maximum Gasteiger partial charge on any atom is 0.420 e. The number of anilines is 1. The van der Waals surface area contributed by atoms with E-state index in [0.29, 0.717) is 0 Å². The van der Waals surface area contributed by atoms with Crippen LogP contribution in [0.1, 0.15) is 18.4 Å². The van der Waals surface area contributed by atoms with Crippen LogP contribution in [0.15, 0.2) is 30.6 Å². The fourth-order valence-electron chi connectivity index (χ4n) is 2.62. The van der Waals surface area contributed by atoms with Crippen molar-refractivity contribution in [1.29, 1.82) is 0 Å². The smallest absolute Gasteiger partial charge is 0.317 e. The third kappa shape index (κ3) is 3.56. The SMILES string of the molecule is O=C(Nc1ccn(-c2ncccc2C(F)(F)F)n1)C1CCNCC1. The van der Waals surface area contributed by atoms with Crippen LogP contribution in [-0.2, 0) is 11.0 Å². The molecule has 1 aliphatic rings. The van der Waals surface area contributed by atoms with Gasteiger partial charge in [-0.2, -0.15) is 13.2 Å². The van der Waals surface area contributed by atoms with Crippen LogP contribution in [0.5, 0.6) is 0 Å². The van der Waals surface area contributed by atoms with Gasteiger partial charge in [-0.25, -0.2) is 9.67 Å². The van der Waals surface area contributed by atoms with Crippen molar-refractivity contribution in [3.63, 3.8) is 0 Å². The van der Waals surface area contributed by atoms with Gasteiger partial charge in [-0.1, -0.05) is 0 Å². The predicted molar refractivity (Wildman–Crippen MR) is 80.6 cm³/mol.